The Morgan fingerprint density at radius 2 is 1.16 bits per heavy atom. The molecule has 0 radical (unpaired) electrons. The highest BCUT2D eigenvalue weighted by atomic mass is 28.3. The van der Waals surface area contributed by atoms with Gasteiger partial charge in [-0.15, -0.1) is 0 Å². The van der Waals surface area contributed by atoms with Crippen molar-refractivity contribution in [3.05, 3.63) is 121 Å². The van der Waals surface area contributed by atoms with E-state index in [9.17, 15) is 0 Å². The molecule has 2 nitrogen and oxygen atoms in total. The molecule has 0 spiro atoms. The number of pyridine rings is 1. The molecule has 0 atom stereocenters. The van der Waals surface area contributed by atoms with Crippen LogP contribution in [0.25, 0.3) is 27.6 Å². The SMILES string of the molecule is c1ccc([Si]2(c3ccccc3)c3ccccc3-n3c4ncccc4c4cccc2c43)cc1. The number of hydrogen-bond acceptors (Lipinski definition) is 1. The van der Waals surface area contributed by atoms with E-state index < -0.39 is 8.07 Å². The Bertz CT molecular complexity index is 1580. The fourth-order valence-corrected chi connectivity index (χ4v) is 10.9. The highest BCUT2D eigenvalue weighted by Crippen LogP contribution is 2.33. The molecule has 2 aromatic heterocycles. The summed E-state index contributed by atoms with van der Waals surface area (Å²) in [6.07, 6.45) is 1.90. The molecule has 32 heavy (non-hydrogen) atoms. The fourth-order valence-electron chi connectivity index (χ4n) is 5.73. The van der Waals surface area contributed by atoms with Crippen LogP contribution in [0.15, 0.2) is 121 Å². The molecule has 0 N–H and O–H groups in total. The second kappa shape index (κ2) is 6.52. The summed E-state index contributed by atoms with van der Waals surface area (Å²) in [6.45, 7) is 0. The molecule has 0 amide bonds. The Morgan fingerprint density at radius 3 is 1.91 bits per heavy atom. The summed E-state index contributed by atoms with van der Waals surface area (Å²) in [6, 6.07) is 42.3. The van der Waals surface area contributed by atoms with E-state index in [1.807, 2.05) is 12.3 Å². The quantitative estimate of drug-likeness (QED) is 0.385. The minimum atomic E-state index is -2.52. The van der Waals surface area contributed by atoms with Crippen molar-refractivity contribution in [3.8, 4) is 5.69 Å². The number of aromatic nitrogens is 2. The third kappa shape index (κ3) is 2.11. The first kappa shape index (κ1) is 17.7. The number of hydrogen-bond donors (Lipinski definition) is 0. The van der Waals surface area contributed by atoms with Crippen LogP contribution in [-0.4, -0.2) is 17.6 Å². The number of rotatable bonds is 2. The molecule has 7 rings (SSSR count). The first-order valence-corrected chi connectivity index (χ1v) is 13.0. The molecule has 0 fully saturated rings. The van der Waals surface area contributed by atoms with Crippen LogP contribution in [0.1, 0.15) is 0 Å². The van der Waals surface area contributed by atoms with Crippen molar-refractivity contribution in [1.29, 1.82) is 0 Å². The number of fused-ring (bicyclic) bond motifs is 5. The summed E-state index contributed by atoms with van der Waals surface area (Å²) in [4.78, 5) is 4.83. The van der Waals surface area contributed by atoms with Crippen LogP contribution in [0.5, 0.6) is 0 Å². The van der Waals surface area contributed by atoms with Gasteiger partial charge >= 0.3 is 0 Å². The van der Waals surface area contributed by atoms with Crippen molar-refractivity contribution >= 4 is 50.8 Å². The topological polar surface area (TPSA) is 17.8 Å². The minimum Gasteiger partial charge on any atom is -0.294 e. The number of nitrogens with zero attached hydrogens (tertiary/aromatic N) is 2. The average Bonchev–Trinajstić information content (AvgIpc) is 3.22. The van der Waals surface area contributed by atoms with Crippen LogP contribution in [-0.2, 0) is 0 Å². The minimum absolute atomic E-state index is 1.03. The van der Waals surface area contributed by atoms with Gasteiger partial charge in [0, 0.05) is 22.7 Å². The standard InChI is InChI=1S/C29H20N2Si/c1-3-11-21(12-4-1)32(22-13-5-2-6-14-22)26-18-8-7-17-25(26)31-28-23(15-9-19-27(28)32)24-16-10-20-30-29(24)31/h1-20H. The lowest BCUT2D eigenvalue weighted by molar-refractivity contribution is 1.14. The van der Waals surface area contributed by atoms with Crippen LogP contribution in [0.2, 0.25) is 0 Å². The third-order valence-corrected chi connectivity index (χ3v) is 11.8. The summed E-state index contributed by atoms with van der Waals surface area (Å²) < 4.78 is 2.40. The van der Waals surface area contributed by atoms with Crippen molar-refractivity contribution in [2.75, 3.05) is 0 Å². The van der Waals surface area contributed by atoms with Crippen LogP contribution in [0, 0.1) is 0 Å². The molecule has 4 aromatic carbocycles. The molecule has 150 valence electrons. The van der Waals surface area contributed by atoms with E-state index in [-0.39, 0.29) is 0 Å². The van der Waals surface area contributed by atoms with Crippen LogP contribution < -0.4 is 20.7 Å². The fraction of sp³-hybridized carbons (Fsp3) is 0. The molecule has 3 heteroatoms. The summed E-state index contributed by atoms with van der Waals surface area (Å²) in [5, 5.41) is 8.17. The van der Waals surface area contributed by atoms with Gasteiger partial charge in [0.25, 0.3) is 0 Å². The van der Waals surface area contributed by atoms with E-state index in [1.54, 1.807) is 0 Å². The molecule has 0 bridgehead atoms. The summed E-state index contributed by atoms with van der Waals surface area (Å²) >= 11 is 0. The maximum absolute atomic E-state index is 4.83. The molecule has 3 heterocycles. The predicted octanol–water partition coefficient (Wildman–Crippen LogP) is 3.87. The largest absolute Gasteiger partial charge is 0.294 e. The average molecular weight is 425 g/mol. The Kier molecular flexibility index (Phi) is 3.61. The number of benzene rings is 4. The van der Waals surface area contributed by atoms with Gasteiger partial charge in [0.1, 0.15) is 5.65 Å². The molecule has 0 saturated heterocycles. The molecule has 1 aliphatic rings. The second-order valence-corrected chi connectivity index (χ2v) is 12.1. The predicted molar refractivity (Wildman–Crippen MR) is 136 cm³/mol. The summed E-state index contributed by atoms with van der Waals surface area (Å²) in [5.74, 6) is 0. The van der Waals surface area contributed by atoms with Crippen molar-refractivity contribution in [2.45, 2.75) is 0 Å². The Labute approximate surface area is 187 Å². The lowest BCUT2D eigenvalue weighted by Crippen LogP contribution is -2.76. The molecule has 1 aliphatic heterocycles. The Hall–Kier alpha value is -3.95. The maximum atomic E-state index is 4.83. The summed E-state index contributed by atoms with van der Waals surface area (Å²) in [5.41, 5.74) is 3.59. The molecule has 0 aliphatic carbocycles. The third-order valence-electron chi connectivity index (χ3n) is 6.91. The van der Waals surface area contributed by atoms with Gasteiger partial charge in [-0.05, 0) is 38.9 Å². The van der Waals surface area contributed by atoms with E-state index in [0.29, 0.717) is 0 Å². The van der Waals surface area contributed by atoms with Gasteiger partial charge in [0.2, 0.25) is 0 Å². The van der Waals surface area contributed by atoms with E-state index in [2.05, 4.69) is 114 Å². The molecule has 0 saturated carbocycles. The van der Waals surface area contributed by atoms with Crippen molar-refractivity contribution in [2.24, 2.45) is 0 Å². The second-order valence-electron chi connectivity index (χ2n) is 8.41. The zero-order valence-corrected chi connectivity index (χ0v) is 18.4. The lowest BCUT2D eigenvalue weighted by atomic mass is 10.2. The van der Waals surface area contributed by atoms with Gasteiger partial charge < -0.3 is 0 Å². The van der Waals surface area contributed by atoms with Gasteiger partial charge in [-0.25, -0.2) is 4.98 Å². The van der Waals surface area contributed by atoms with Gasteiger partial charge in [0.05, 0.1) is 5.52 Å². The first-order chi connectivity index (χ1) is 15.9. The van der Waals surface area contributed by atoms with Crippen molar-refractivity contribution in [3.63, 3.8) is 0 Å². The van der Waals surface area contributed by atoms with E-state index in [1.165, 1.54) is 42.7 Å². The molecular weight excluding hydrogens is 404 g/mol. The van der Waals surface area contributed by atoms with Crippen molar-refractivity contribution in [1.82, 2.24) is 9.55 Å². The Morgan fingerprint density at radius 1 is 0.531 bits per heavy atom. The van der Waals surface area contributed by atoms with Crippen LogP contribution in [0.3, 0.4) is 0 Å². The molecule has 6 aromatic rings. The Balaban J connectivity index is 1.79. The number of para-hydroxylation sites is 2. The smallest absolute Gasteiger partial charge is 0.184 e. The van der Waals surface area contributed by atoms with E-state index in [4.69, 9.17) is 4.98 Å². The van der Waals surface area contributed by atoms with Crippen molar-refractivity contribution < 1.29 is 0 Å². The van der Waals surface area contributed by atoms with Gasteiger partial charge in [-0.1, -0.05) is 97.1 Å². The zero-order valence-electron chi connectivity index (χ0n) is 17.4. The summed E-state index contributed by atoms with van der Waals surface area (Å²) in [7, 11) is -2.52. The lowest BCUT2D eigenvalue weighted by Gasteiger charge is -2.39. The molecule has 0 unspecified atom stereocenters. The van der Waals surface area contributed by atoms with Crippen LogP contribution in [0.4, 0.5) is 0 Å². The highest BCUT2D eigenvalue weighted by Gasteiger charge is 2.47. The maximum Gasteiger partial charge on any atom is 0.184 e. The van der Waals surface area contributed by atoms with E-state index >= 15 is 0 Å². The zero-order chi connectivity index (χ0) is 21.1. The first-order valence-electron chi connectivity index (χ1n) is 11.0. The van der Waals surface area contributed by atoms with Gasteiger partial charge in [0.15, 0.2) is 8.07 Å². The molecular formula is C29H20N2Si. The highest BCUT2D eigenvalue weighted by molar-refractivity contribution is 7.21. The van der Waals surface area contributed by atoms with Crippen LogP contribution >= 0.6 is 0 Å². The van der Waals surface area contributed by atoms with E-state index in [0.717, 1.165) is 5.65 Å². The van der Waals surface area contributed by atoms with Gasteiger partial charge in [-0.3, -0.25) is 4.57 Å². The van der Waals surface area contributed by atoms with Gasteiger partial charge in [-0.2, -0.15) is 0 Å². The normalized spacial score (nSPS) is 13.9. The monoisotopic (exact) mass is 424 g/mol.